The molecule has 4 amide bonds. The molecule has 0 bridgehead atoms. The minimum absolute atomic E-state index is 0.176. The number of piperazine rings is 1. The minimum Gasteiger partial charge on any atom is -0.481 e. The van der Waals surface area contributed by atoms with Crippen LogP contribution in [0.1, 0.15) is 24.5 Å². The molecule has 2 aliphatic rings. The highest BCUT2D eigenvalue weighted by molar-refractivity contribution is 6.30. The summed E-state index contributed by atoms with van der Waals surface area (Å²) in [6.07, 6.45) is -1.47. The summed E-state index contributed by atoms with van der Waals surface area (Å²) in [6.45, 7) is 2.01. The van der Waals surface area contributed by atoms with Crippen molar-refractivity contribution in [2.24, 2.45) is 0 Å². The third kappa shape index (κ3) is 5.20. The second kappa shape index (κ2) is 11.1. The van der Waals surface area contributed by atoms with Crippen molar-refractivity contribution in [2.75, 3.05) is 13.6 Å². The molecule has 3 aromatic carbocycles. The van der Waals surface area contributed by atoms with Gasteiger partial charge in [-0.3, -0.25) is 14.4 Å². The maximum atomic E-state index is 13.8. The third-order valence-electron chi connectivity index (χ3n) is 7.54. The number of hydrogen-bond donors (Lipinski definition) is 2. The number of halogens is 1. The van der Waals surface area contributed by atoms with Crippen LogP contribution in [0.2, 0.25) is 5.02 Å². The van der Waals surface area contributed by atoms with Crippen molar-refractivity contribution < 1.29 is 24.3 Å². The largest absolute Gasteiger partial charge is 0.481 e. The second-order valence-corrected chi connectivity index (χ2v) is 10.6. The van der Waals surface area contributed by atoms with E-state index >= 15 is 0 Å². The highest BCUT2D eigenvalue weighted by Crippen LogP contribution is 2.33. The van der Waals surface area contributed by atoms with Gasteiger partial charge in [-0.15, -0.1) is 0 Å². The highest BCUT2D eigenvalue weighted by atomic mass is 35.5. The van der Waals surface area contributed by atoms with Crippen LogP contribution in [0.5, 0.6) is 0 Å². The Bertz CT molecular complexity index is 1460. The van der Waals surface area contributed by atoms with Gasteiger partial charge in [-0.1, -0.05) is 66.2 Å². The molecule has 0 radical (unpaired) electrons. The number of amides is 4. The van der Waals surface area contributed by atoms with Crippen molar-refractivity contribution in [1.29, 1.82) is 0 Å². The summed E-state index contributed by atoms with van der Waals surface area (Å²) in [6, 6.07) is 18.3. The van der Waals surface area contributed by atoms with Crippen molar-refractivity contribution in [3.05, 3.63) is 82.9 Å². The monoisotopic (exact) mass is 563 g/mol. The first-order valence-electron chi connectivity index (χ1n) is 13.0. The number of hydrogen-bond acceptors (Lipinski definition) is 5. The molecule has 5 rings (SSSR count). The van der Waals surface area contributed by atoms with Crippen LogP contribution >= 0.6 is 11.6 Å². The first-order chi connectivity index (χ1) is 19.2. The van der Waals surface area contributed by atoms with Gasteiger partial charge in [0.15, 0.2) is 0 Å². The molecule has 0 saturated carbocycles. The molecule has 2 fully saturated rings. The van der Waals surface area contributed by atoms with Crippen molar-refractivity contribution in [3.8, 4) is 0 Å². The molecule has 3 atom stereocenters. The number of nitrogens with zero attached hydrogens (tertiary/aromatic N) is 4. The molecule has 0 unspecified atom stereocenters. The van der Waals surface area contributed by atoms with E-state index in [1.54, 1.807) is 43.1 Å². The molecule has 2 heterocycles. The number of benzene rings is 3. The Morgan fingerprint density at radius 2 is 1.73 bits per heavy atom. The average Bonchev–Trinajstić information content (AvgIpc) is 2.92. The van der Waals surface area contributed by atoms with E-state index in [1.165, 1.54) is 14.9 Å². The summed E-state index contributed by atoms with van der Waals surface area (Å²) in [7, 11) is 1.63. The van der Waals surface area contributed by atoms with Gasteiger partial charge < -0.3 is 20.2 Å². The molecule has 40 heavy (non-hydrogen) atoms. The van der Waals surface area contributed by atoms with E-state index in [9.17, 15) is 24.3 Å². The van der Waals surface area contributed by atoms with Crippen molar-refractivity contribution >= 4 is 46.2 Å². The Morgan fingerprint density at radius 3 is 2.45 bits per heavy atom. The predicted octanol–water partition coefficient (Wildman–Crippen LogP) is 3.29. The number of likely N-dealkylation sites (N-methyl/N-ethyl adjacent to an activating group) is 1. The van der Waals surface area contributed by atoms with E-state index in [-0.39, 0.29) is 19.6 Å². The SMILES string of the molecule is C[C@H]1[C@H]2N(C(=O)CN(C)N2C(=O)NCc2ccc(Cl)cc2)[C@@H](CC(=O)O)C(=O)N1Cc1cccc2ccccc12. The van der Waals surface area contributed by atoms with E-state index in [1.807, 2.05) is 42.5 Å². The number of carboxylic acids is 1. The molecule has 0 aliphatic carbocycles. The Hall–Kier alpha value is -4.15. The van der Waals surface area contributed by atoms with E-state index in [4.69, 9.17) is 11.6 Å². The summed E-state index contributed by atoms with van der Waals surface area (Å²) in [4.78, 5) is 55.4. The van der Waals surface area contributed by atoms with E-state index in [2.05, 4.69) is 5.32 Å². The van der Waals surface area contributed by atoms with Crippen molar-refractivity contribution in [2.45, 2.75) is 44.7 Å². The first-order valence-corrected chi connectivity index (χ1v) is 13.4. The fourth-order valence-corrected chi connectivity index (χ4v) is 5.74. The lowest BCUT2D eigenvalue weighted by Crippen LogP contribution is -2.78. The van der Waals surface area contributed by atoms with Crippen LogP contribution in [0, 0.1) is 0 Å². The topological polar surface area (TPSA) is 114 Å². The molecular weight excluding hydrogens is 534 g/mol. The number of carbonyl (C=O) groups is 4. The summed E-state index contributed by atoms with van der Waals surface area (Å²) < 4.78 is 0. The molecule has 2 N–H and O–H groups in total. The van der Waals surface area contributed by atoms with Gasteiger partial charge in [-0.05, 0) is 41.0 Å². The average molecular weight is 564 g/mol. The van der Waals surface area contributed by atoms with Gasteiger partial charge in [0.2, 0.25) is 11.8 Å². The van der Waals surface area contributed by atoms with Crippen LogP contribution in [-0.2, 0) is 27.5 Å². The molecule has 10 nitrogen and oxygen atoms in total. The number of hydrazine groups is 1. The summed E-state index contributed by atoms with van der Waals surface area (Å²) >= 11 is 5.97. The smallest absolute Gasteiger partial charge is 0.334 e. The lowest BCUT2D eigenvalue weighted by molar-refractivity contribution is -0.197. The van der Waals surface area contributed by atoms with Gasteiger partial charge in [-0.25, -0.2) is 14.8 Å². The maximum absolute atomic E-state index is 13.8. The summed E-state index contributed by atoms with van der Waals surface area (Å²) in [5.74, 6) is -2.08. The lowest BCUT2D eigenvalue weighted by Gasteiger charge is -2.57. The first kappa shape index (κ1) is 27.4. The standard InChI is InChI=1S/C29H30ClN5O5/c1-18-27-34(25(36)17-32(2)35(27)29(40)31-15-19-10-12-22(30)13-11-19)24(14-26(37)38)28(39)33(18)16-21-8-5-7-20-6-3-4-9-23(20)21/h3-13,18,24,27H,14-17H2,1-2H3,(H,31,40)(H,37,38)/t18-,24-,27-/m0/s1. The van der Waals surface area contributed by atoms with Crippen LogP contribution < -0.4 is 5.32 Å². The fraction of sp³-hybridized carbons (Fsp3) is 0.310. The molecule has 2 saturated heterocycles. The summed E-state index contributed by atoms with van der Waals surface area (Å²) in [5, 5.41) is 18.1. The molecule has 3 aromatic rings. The Labute approximate surface area is 236 Å². The third-order valence-corrected chi connectivity index (χ3v) is 7.79. The number of carbonyl (C=O) groups excluding carboxylic acids is 3. The van der Waals surface area contributed by atoms with Gasteiger partial charge in [0.05, 0.1) is 19.0 Å². The van der Waals surface area contributed by atoms with Crippen LogP contribution in [0.25, 0.3) is 10.8 Å². The van der Waals surface area contributed by atoms with Crippen molar-refractivity contribution in [3.63, 3.8) is 0 Å². The van der Waals surface area contributed by atoms with E-state index in [0.717, 1.165) is 21.9 Å². The van der Waals surface area contributed by atoms with Crippen molar-refractivity contribution in [1.82, 2.24) is 25.1 Å². The van der Waals surface area contributed by atoms with Gasteiger partial charge in [0.1, 0.15) is 12.2 Å². The van der Waals surface area contributed by atoms with E-state index in [0.29, 0.717) is 5.02 Å². The molecule has 11 heteroatoms. The zero-order valence-electron chi connectivity index (χ0n) is 22.2. The predicted molar refractivity (Wildman–Crippen MR) is 149 cm³/mol. The highest BCUT2D eigenvalue weighted by Gasteiger charge is 2.54. The zero-order valence-corrected chi connectivity index (χ0v) is 22.9. The van der Waals surface area contributed by atoms with Gasteiger partial charge in [-0.2, -0.15) is 0 Å². The summed E-state index contributed by atoms with van der Waals surface area (Å²) in [5.41, 5.74) is 1.72. The van der Waals surface area contributed by atoms with Gasteiger partial charge >= 0.3 is 12.0 Å². The quantitative estimate of drug-likeness (QED) is 0.476. The maximum Gasteiger partial charge on any atom is 0.334 e. The molecule has 0 aromatic heterocycles. The molecule has 2 aliphatic heterocycles. The van der Waals surface area contributed by atoms with Gasteiger partial charge in [0.25, 0.3) is 0 Å². The normalized spacial score (nSPS) is 21.5. The van der Waals surface area contributed by atoms with Crippen LogP contribution in [0.4, 0.5) is 4.79 Å². The fourth-order valence-electron chi connectivity index (χ4n) is 5.61. The number of urea groups is 1. The molecule has 208 valence electrons. The van der Waals surface area contributed by atoms with Crippen LogP contribution in [0.15, 0.2) is 66.7 Å². The zero-order chi connectivity index (χ0) is 28.6. The van der Waals surface area contributed by atoms with Gasteiger partial charge in [0, 0.05) is 25.2 Å². The molecular formula is C29H30ClN5O5. The Balaban J connectivity index is 1.49. The number of nitrogens with one attached hydrogen (secondary N) is 1. The second-order valence-electron chi connectivity index (χ2n) is 10.1. The number of aliphatic carboxylic acids is 1. The van der Waals surface area contributed by atoms with Crippen LogP contribution in [0.3, 0.4) is 0 Å². The molecule has 0 spiro atoms. The van der Waals surface area contributed by atoms with Crippen LogP contribution in [-0.4, -0.2) is 80.6 Å². The Morgan fingerprint density at radius 1 is 1.02 bits per heavy atom. The Kier molecular flexibility index (Phi) is 7.64. The number of fused-ring (bicyclic) bond motifs is 2. The van der Waals surface area contributed by atoms with E-state index < -0.39 is 48.5 Å². The number of carboxylic acid groups (broad SMARTS) is 1. The minimum atomic E-state index is -1.25. The number of rotatable bonds is 6. The lowest BCUT2D eigenvalue weighted by atomic mass is 9.96.